The van der Waals surface area contributed by atoms with Crippen molar-refractivity contribution in [2.24, 2.45) is 0 Å². The first-order chi connectivity index (χ1) is 10.7. The maximum atomic E-state index is 9.43. The average Bonchev–Trinajstić information content (AvgIpc) is 2.59. The number of benzene rings is 2. The summed E-state index contributed by atoms with van der Waals surface area (Å²) in [5.41, 5.74) is 2.14. The molecule has 2 aromatic carbocycles. The van der Waals surface area contributed by atoms with Crippen LogP contribution < -0.4 is 14.2 Å². The van der Waals surface area contributed by atoms with E-state index in [-0.39, 0.29) is 29.6 Å². The molecule has 0 aliphatic rings. The summed E-state index contributed by atoms with van der Waals surface area (Å²) >= 11 is 0. The second-order valence-corrected chi connectivity index (χ2v) is 4.43. The molecule has 0 fully saturated rings. The van der Waals surface area contributed by atoms with Crippen LogP contribution in [0, 0.1) is 17.4 Å². The minimum absolute atomic E-state index is 0. The van der Waals surface area contributed by atoms with E-state index in [9.17, 15) is 5.26 Å². The van der Waals surface area contributed by atoms with Gasteiger partial charge in [0.05, 0.1) is 33.0 Å². The van der Waals surface area contributed by atoms with Crippen molar-refractivity contribution in [1.82, 2.24) is 0 Å². The molecule has 1 radical (unpaired) electrons. The molecule has 0 saturated heterocycles. The Kier molecular flexibility index (Phi) is 7.70. The third-order valence-corrected chi connectivity index (χ3v) is 3.15. The van der Waals surface area contributed by atoms with E-state index in [1.807, 2.05) is 18.2 Å². The van der Waals surface area contributed by atoms with Crippen LogP contribution in [-0.4, -0.2) is 50.9 Å². The first-order valence-electron chi connectivity index (χ1n) is 6.61. The van der Waals surface area contributed by atoms with Gasteiger partial charge in [0.15, 0.2) is 11.5 Å². The fourth-order valence-corrected chi connectivity index (χ4v) is 2.02. The Morgan fingerprint density at radius 1 is 1.04 bits per heavy atom. The molecule has 113 valence electrons. The summed E-state index contributed by atoms with van der Waals surface area (Å²) in [5, 5.41) is 9.43. The molecular formula is C18H17NNaO3. The number of allylic oxidation sites excluding steroid dienone is 1. The van der Waals surface area contributed by atoms with E-state index in [0.717, 1.165) is 11.1 Å². The Morgan fingerprint density at radius 2 is 1.78 bits per heavy atom. The Bertz CT molecular complexity index is 735. The summed E-state index contributed by atoms with van der Waals surface area (Å²) in [7, 11) is 4.72. The van der Waals surface area contributed by atoms with Crippen molar-refractivity contribution in [3.63, 3.8) is 0 Å². The third-order valence-electron chi connectivity index (χ3n) is 3.15. The fourth-order valence-electron chi connectivity index (χ4n) is 2.02. The van der Waals surface area contributed by atoms with E-state index in [4.69, 9.17) is 14.2 Å². The van der Waals surface area contributed by atoms with Gasteiger partial charge in [0.1, 0.15) is 5.75 Å². The number of nitrogens with zero attached hydrogens (tertiary/aromatic N) is 1. The van der Waals surface area contributed by atoms with Gasteiger partial charge in [-0.3, -0.25) is 0 Å². The molecule has 2 aromatic rings. The topological polar surface area (TPSA) is 51.5 Å². The zero-order valence-corrected chi connectivity index (χ0v) is 12.7. The van der Waals surface area contributed by atoms with Gasteiger partial charge in [-0.1, -0.05) is 6.07 Å². The molecular weight excluding hydrogens is 301 g/mol. The Hall–Kier alpha value is -1.93. The van der Waals surface area contributed by atoms with Crippen LogP contribution in [-0.2, 0) is 0 Å². The predicted molar refractivity (Wildman–Crippen MR) is 92.0 cm³/mol. The van der Waals surface area contributed by atoms with Crippen LogP contribution in [0.25, 0.3) is 11.6 Å². The first kappa shape index (κ1) is 19.1. The third kappa shape index (κ3) is 4.77. The molecule has 0 unspecified atom stereocenters. The van der Waals surface area contributed by atoms with Crippen molar-refractivity contribution in [3.05, 3.63) is 53.6 Å². The van der Waals surface area contributed by atoms with Crippen LogP contribution in [0.3, 0.4) is 0 Å². The number of ether oxygens (including phenoxy) is 3. The molecule has 0 bridgehead atoms. The number of nitriles is 1. The van der Waals surface area contributed by atoms with Crippen molar-refractivity contribution < 1.29 is 14.2 Å². The van der Waals surface area contributed by atoms with Crippen LogP contribution in [0.5, 0.6) is 17.2 Å². The van der Waals surface area contributed by atoms with Crippen molar-refractivity contribution in [3.8, 4) is 23.3 Å². The van der Waals surface area contributed by atoms with Crippen molar-refractivity contribution in [2.75, 3.05) is 21.3 Å². The molecule has 23 heavy (non-hydrogen) atoms. The number of hydrogen-bond acceptors (Lipinski definition) is 4. The van der Waals surface area contributed by atoms with Crippen LogP contribution in [0.15, 0.2) is 36.4 Å². The van der Waals surface area contributed by atoms with Gasteiger partial charge in [0.2, 0.25) is 0 Å². The summed E-state index contributed by atoms with van der Waals surface area (Å²) in [5.74, 6) is 1.83. The quantitative estimate of drug-likeness (QED) is 0.483. The summed E-state index contributed by atoms with van der Waals surface area (Å²) in [4.78, 5) is 0. The van der Waals surface area contributed by atoms with E-state index in [1.54, 1.807) is 45.6 Å². The molecule has 5 heteroatoms. The molecule has 0 spiro atoms. The van der Waals surface area contributed by atoms with Gasteiger partial charge < -0.3 is 14.2 Å². The van der Waals surface area contributed by atoms with Gasteiger partial charge >= 0.3 is 29.6 Å². The maximum absolute atomic E-state index is 9.43. The van der Waals surface area contributed by atoms with E-state index in [0.29, 0.717) is 22.8 Å². The summed E-state index contributed by atoms with van der Waals surface area (Å²) in [6.45, 7) is 0. The molecule has 0 amide bonds. The van der Waals surface area contributed by atoms with Crippen LogP contribution in [0.2, 0.25) is 0 Å². The van der Waals surface area contributed by atoms with Gasteiger partial charge in [0, 0.05) is 6.07 Å². The average molecular weight is 318 g/mol. The zero-order valence-electron chi connectivity index (χ0n) is 12.7. The van der Waals surface area contributed by atoms with Crippen molar-refractivity contribution in [2.45, 2.75) is 0 Å². The molecule has 4 nitrogen and oxygen atoms in total. The molecule has 2 rings (SSSR count). The van der Waals surface area contributed by atoms with Gasteiger partial charge in [-0.2, -0.15) is 5.26 Å². The van der Waals surface area contributed by atoms with Crippen molar-refractivity contribution >= 4 is 41.2 Å². The van der Waals surface area contributed by atoms with Crippen LogP contribution in [0.4, 0.5) is 0 Å². The summed E-state index contributed by atoms with van der Waals surface area (Å²) in [6.07, 6.45) is 1.79. The Balaban J connectivity index is 0.00000264. The second-order valence-electron chi connectivity index (χ2n) is 4.43. The van der Waals surface area contributed by atoms with Gasteiger partial charge in [-0.05, 0) is 47.5 Å². The molecule has 0 saturated carbocycles. The Labute approximate surface area is 158 Å². The van der Waals surface area contributed by atoms with E-state index < -0.39 is 0 Å². The Morgan fingerprint density at radius 3 is 2.39 bits per heavy atom. The molecule has 0 aliphatic carbocycles. The van der Waals surface area contributed by atoms with Gasteiger partial charge in [-0.25, -0.2) is 0 Å². The van der Waals surface area contributed by atoms with Crippen molar-refractivity contribution in [1.29, 1.82) is 5.26 Å². The van der Waals surface area contributed by atoms with Crippen LogP contribution >= 0.6 is 0 Å². The monoisotopic (exact) mass is 318 g/mol. The van der Waals surface area contributed by atoms with Crippen LogP contribution in [0.1, 0.15) is 11.1 Å². The normalized spacial score (nSPS) is 10.3. The SMILES string of the molecule is COc1[c]ccc(C=C(C#N)c2ccc(OC)c(OC)c2)c1.[NaH]. The standard InChI is InChI=1S/C18H16NO3.Na.H/c1-20-16-6-4-5-13(10-16)9-15(12-19)14-7-8-17(21-2)18(11-14)22-3;;/h4-5,7-11H,1-3H3;;. The van der Waals surface area contributed by atoms with E-state index in [2.05, 4.69) is 12.1 Å². The minimum atomic E-state index is 0. The molecule has 0 N–H and O–H groups in total. The first-order valence-corrected chi connectivity index (χ1v) is 6.61. The summed E-state index contributed by atoms with van der Waals surface area (Å²) < 4.78 is 15.6. The second kappa shape index (κ2) is 9.26. The summed E-state index contributed by atoms with van der Waals surface area (Å²) in [6, 6.07) is 16.0. The molecule has 0 aliphatic heterocycles. The number of rotatable bonds is 5. The van der Waals surface area contributed by atoms with E-state index >= 15 is 0 Å². The van der Waals surface area contributed by atoms with E-state index in [1.165, 1.54) is 0 Å². The molecule has 0 aromatic heterocycles. The number of hydrogen-bond donors (Lipinski definition) is 0. The molecule has 0 heterocycles. The number of methoxy groups -OCH3 is 3. The van der Waals surface area contributed by atoms with Gasteiger partial charge in [-0.15, -0.1) is 0 Å². The molecule has 0 atom stereocenters. The predicted octanol–water partition coefficient (Wildman–Crippen LogP) is 2.93. The van der Waals surface area contributed by atoms with Gasteiger partial charge in [0.25, 0.3) is 0 Å². The fraction of sp³-hybridized carbons (Fsp3) is 0.167. The zero-order chi connectivity index (χ0) is 15.9.